The van der Waals surface area contributed by atoms with Crippen LogP contribution in [0, 0.1) is 0 Å². The van der Waals surface area contributed by atoms with Gasteiger partial charge in [-0.3, -0.25) is 0 Å². The summed E-state index contributed by atoms with van der Waals surface area (Å²) in [5, 5.41) is 31.2. The minimum atomic E-state index is -1.26. The molecule has 0 aromatic carbocycles. The predicted molar refractivity (Wildman–Crippen MR) is 54.6 cm³/mol. The first-order valence-electron chi connectivity index (χ1n) is 3.53. The SMILES string of the molecule is O=C(O)/C=C/C(=O)O.O=C(O)/C=C/C(=O)O.[Ca]. The van der Waals surface area contributed by atoms with Crippen LogP contribution in [0.15, 0.2) is 24.3 Å². The summed E-state index contributed by atoms with van der Waals surface area (Å²) in [5.41, 5.74) is 0. The Balaban J connectivity index is -0.000000218. The van der Waals surface area contributed by atoms with Crippen LogP contribution in [0.2, 0.25) is 0 Å². The molecule has 0 unspecified atom stereocenters. The molecule has 0 atom stereocenters. The van der Waals surface area contributed by atoms with Gasteiger partial charge in [-0.1, -0.05) is 0 Å². The number of hydrogen-bond donors (Lipinski definition) is 4. The molecule has 17 heavy (non-hydrogen) atoms. The summed E-state index contributed by atoms with van der Waals surface area (Å²) in [4.78, 5) is 38.2. The van der Waals surface area contributed by atoms with E-state index in [0.717, 1.165) is 0 Å². The molecule has 90 valence electrons. The Hall–Kier alpha value is -1.38. The molecular formula is C8H8CaO8. The maximum absolute atomic E-state index is 9.55. The smallest absolute Gasteiger partial charge is 0.328 e. The molecule has 4 N–H and O–H groups in total. The number of hydrogen-bond acceptors (Lipinski definition) is 4. The quantitative estimate of drug-likeness (QED) is 0.377. The minimum Gasteiger partial charge on any atom is -0.478 e. The third kappa shape index (κ3) is 31.3. The van der Waals surface area contributed by atoms with Crippen LogP contribution < -0.4 is 0 Å². The van der Waals surface area contributed by atoms with Crippen molar-refractivity contribution < 1.29 is 39.6 Å². The molecule has 0 heterocycles. The molecule has 0 saturated carbocycles. The van der Waals surface area contributed by atoms with Crippen LogP contribution in [0.5, 0.6) is 0 Å². The molecule has 0 spiro atoms. The molecule has 0 fully saturated rings. The largest absolute Gasteiger partial charge is 0.478 e. The van der Waals surface area contributed by atoms with Crippen molar-refractivity contribution in [3.63, 3.8) is 0 Å². The van der Waals surface area contributed by atoms with Gasteiger partial charge in [-0.15, -0.1) is 0 Å². The topological polar surface area (TPSA) is 149 Å². The van der Waals surface area contributed by atoms with E-state index in [4.69, 9.17) is 20.4 Å². The third-order valence-electron chi connectivity index (χ3n) is 0.737. The summed E-state index contributed by atoms with van der Waals surface area (Å²) < 4.78 is 0. The van der Waals surface area contributed by atoms with Crippen LogP contribution in [-0.2, 0) is 19.2 Å². The van der Waals surface area contributed by atoms with Crippen LogP contribution in [-0.4, -0.2) is 82.0 Å². The molecule has 0 amide bonds. The van der Waals surface area contributed by atoms with Crippen molar-refractivity contribution in [3.05, 3.63) is 24.3 Å². The zero-order valence-corrected chi connectivity index (χ0v) is 10.6. The van der Waals surface area contributed by atoms with Crippen LogP contribution in [0.4, 0.5) is 0 Å². The molecule has 0 aliphatic carbocycles. The maximum atomic E-state index is 9.55. The number of aliphatic carboxylic acids is 4. The van der Waals surface area contributed by atoms with E-state index in [1.54, 1.807) is 0 Å². The molecule has 0 aromatic rings. The first kappa shape index (κ1) is 21.0. The van der Waals surface area contributed by atoms with Crippen molar-refractivity contribution in [1.29, 1.82) is 0 Å². The van der Waals surface area contributed by atoms with Gasteiger partial charge in [0.15, 0.2) is 0 Å². The summed E-state index contributed by atoms with van der Waals surface area (Å²) in [7, 11) is 0. The van der Waals surface area contributed by atoms with Crippen molar-refractivity contribution in [2.45, 2.75) is 0 Å². The number of carboxylic acids is 4. The maximum Gasteiger partial charge on any atom is 0.328 e. The molecule has 0 aliphatic heterocycles. The minimum absolute atomic E-state index is 0. The second-order valence-electron chi connectivity index (χ2n) is 2.02. The number of rotatable bonds is 4. The van der Waals surface area contributed by atoms with E-state index in [1.807, 2.05) is 0 Å². The normalized spacial score (nSPS) is 8.94. The van der Waals surface area contributed by atoms with Crippen molar-refractivity contribution in [1.82, 2.24) is 0 Å². The van der Waals surface area contributed by atoms with Gasteiger partial charge in [0.2, 0.25) is 0 Å². The monoisotopic (exact) mass is 272 g/mol. The van der Waals surface area contributed by atoms with Gasteiger partial charge in [0.1, 0.15) is 0 Å². The van der Waals surface area contributed by atoms with Gasteiger partial charge < -0.3 is 20.4 Å². The van der Waals surface area contributed by atoms with Crippen molar-refractivity contribution >= 4 is 61.6 Å². The molecule has 0 bridgehead atoms. The van der Waals surface area contributed by atoms with Gasteiger partial charge in [-0.2, -0.15) is 0 Å². The van der Waals surface area contributed by atoms with Crippen molar-refractivity contribution in [3.8, 4) is 0 Å². The number of carboxylic acid groups (broad SMARTS) is 4. The van der Waals surface area contributed by atoms with Crippen molar-refractivity contribution in [2.24, 2.45) is 0 Å². The van der Waals surface area contributed by atoms with E-state index >= 15 is 0 Å². The van der Waals surface area contributed by atoms with E-state index in [-0.39, 0.29) is 37.7 Å². The summed E-state index contributed by atoms with van der Waals surface area (Å²) >= 11 is 0. The van der Waals surface area contributed by atoms with Gasteiger partial charge >= 0.3 is 23.9 Å². The Labute approximate surface area is 125 Å². The summed E-state index contributed by atoms with van der Waals surface area (Å²) in [6, 6.07) is 0. The first-order chi connectivity index (χ1) is 7.25. The van der Waals surface area contributed by atoms with E-state index in [0.29, 0.717) is 24.3 Å². The fraction of sp³-hybridized carbons (Fsp3) is 0. The third-order valence-corrected chi connectivity index (χ3v) is 0.737. The average Bonchev–Trinajstić information content (AvgIpc) is 2.12. The Kier molecular flexibility index (Phi) is 15.6. The van der Waals surface area contributed by atoms with E-state index in [1.165, 1.54) is 0 Å². The second kappa shape index (κ2) is 12.7. The molecule has 9 heteroatoms. The first-order valence-corrected chi connectivity index (χ1v) is 3.53. The Morgan fingerprint density at radius 3 is 0.706 bits per heavy atom. The summed E-state index contributed by atoms with van der Waals surface area (Å²) in [5.74, 6) is -5.03. The summed E-state index contributed by atoms with van der Waals surface area (Å²) in [6.07, 6.45) is 2.23. The average molecular weight is 272 g/mol. The van der Waals surface area contributed by atoms with Crippen molar-refractivity contribution in [2.75, 3.05) is 0 Å². The Morgan fingerprint density at radius 1 is 0.529 bits per heavy atom. The zero-order chi connectivity index (χ0) is 13.1. The van der Waals surface area contributed by atoms with Gasteiger partial charge in [0, 0.05) is 62.0 Å². The molecule has 0 aromatic heterocycles. The standard InChI is InChI=1S/2C4H4O4.Ca/c2*5-3(6)1-2-4(7)8;/h2*1-2H,(H,5,6)(H,7,8);/b2*2-1+;. The van der Waals surface area contributed by atoms with E-state index in [9.17, 15) is 19.2 Å². The van der Waals surface area contributed by atoms with Gasteiger partial charge in [-0.05, 0) is 0 Å². The molecule has 0 saturated heterocycles. The second-order valence-corrected chi connectivity index (χ2v) is 2.02. The van der Waals surface area contributed by atoms with Crippen LogP contribution in [0.3, 0.4) is 0 Å². The van der Waals surface area contributed by atoms with Crippen LogP contribution >= 0.6 is 0 Å². The van der Waals surface area contributed by atoms with Crippen LogP contribution in [0.25, 0.3) is 0 Å². The van der Waals surface area contributed by atoms with Gasteiger partial charge in [0.25, 0.3) is 0 Å². The molecule has 0 aliphatic rings. The number of carbonyl (C=O) groups is 4. The fourth-order valence-electron chi connectivity index (χ4n) is 0.285. The predicted octanol–water partition coefficient (Wildman–Crippen LogP) is -0.957. The van der Waals surface area contributed by atoms with E-state index in [2.05, 4.69) is 0 Å². The molecule has 8 nitrogen and oxygen atoms in total. The van der Waals surface area contributed by atoms with Gasteiger partial charge in [0.05, 0.1) is 0 Å². The summed E-state index contributed by atoms with van der Waals surface area (Å²) in [6.45, 7) is 0. The molecule has 2 radical (unpaired) electrons. The van der Waals surface area contributed by atoms with Gasteiger partial charge in [-0.25, -0.2) is 19.2 Å². The van der Waals surface area contributed by atoms with E-state index < -0.39 is 23.9 Å². The zero-order valence-electron chi connectivity index (χ0n) is 8.44. The Bertz CT molecular complexity index is 277. The Morgan fingerprint density at radius 2 is 0.647 bits per heavy atom. The van der Waals surface area contributed by atoms with Crippen LogP contribution in [0.1, 0.15) is 0 Å². The molecular weight excluding hydrogens is 264 g/mol. The molecule has 0 rings (SSSR count). The fourth-order valence-corrected chi connectivity index (χ4v) is 0.285.